The van der Waals surface area contributed by atoms with E-state index in [2.05, 4.69) is 0 Å². The third-order valence-electron chi connectivity index (χ3n) is 3.89. The quantitative estimate of drug-likeness (QED) is 0.734. The lowest BCUT2D eigenvalue weighted by Crippen LogP contribution is -2.27. The zero-order valence-electron chi connectivity index (χ0n) is 13.4. The molecule has 1 heterocycles. The number of rotatable bonds is 4. The highest BCUT2D eigenvalue weighted by Crippen LogP contribution is 2.30. The zero-order chi connectivity index (χ0) is 17.3. The average molecular weight is 342 g/mol. The minimum absolute atomic E-state index is 0.196. The molecule has 0 unspecified atom stereocenters. The van der Waals surface area contributed by atoms with E-state index in [0.717, 1.165) is 11.1 Å². The van der Waals surface area contributed by atoms with Crippen LogP contribution in [0, 0.1) is 6.92 Å². The molecule has 0 aliphatic carbocycles. The summed E-state index contributed by atoms with van der Waals surface area (Å²) in [5.41, 5.74) is 8.43. The summed E-state index contributed by atoms with van der Waals surface area (Å²) in [5, 5.41) is 0. The van der Waals surface area contributed by atoms with E-state index in [4.69, 9.17) is 10.2 Å². The monoisotopic (exact) mass is 342 g/mol. The SMILES string of the molecule is Cc1ccc(-c2ccco2)cc1N(C)S(=O)(=O)c1ccc(N)cc1. The number of benzene rings is 2. The van der Waals surface area contributed by atoms with Crippen LogP contribution in [-0.4, -0.2) is 15.5 Å². The third-order valence-corrected chi connectivity index (χ3v) is 5.68. The van der Waals surface area contributed by atoms with E-state index in [1.54, 1.807) is 31.5 Å². The predicted octanol–water partition coefficient (Wildman–Crippen LogP) is 3.66. The molecule has 0 amide bonds. The lowest BCUT2D eigenvalue weighted by molar-refractivity contribution is 0.582. The van der Waals surface area contributed by atoms with Crippen LogP contribution < -0.4 is 10.0 Å². The number of sulfonamides is 1. The summed E-state index contributed by atoms with van der Waals surface area (Å²) in [5.74, 6) is 0.689. The minimum Gasteiger partial charge on any atom is -0.464 e. The van der Waals surface area contributed by atoms with E-state index in [-0.39, 0.29) is 4.90 Å². The van der Waals surface area contributed by atoms with Gasteiger partial charge in [0, 0.05) is 18.3 Å². The second kappa shape index (κ2) is 6.05. The molecule has 3 aromatic rings. The first-order chi connectivity index (χ1) is 11.4. The molecule has 0 spiro atoms. The summed E-state index contributed by atoms with van der Waals surface area (Å²) >= 11 is 0. The zero-order valence-corrected chi connectivity index (χ0v) is 14.2. The summed E-state index contributed by atoms with van der Waals surface area (Å²) in [6, 6.07) is 15.4. The Morgan fingerprint density at radius 2 is 1.75 bits per heavy atom. The third kappa shape index (κ3) is 2.88. The van der Waals surface area contributed by atoms with Crippen LogP contribution in [0.3, 0.4) is 0 Å². The van der Waals surface area contributed by atoms with E-state index in [0.29, 0.717) is 17.1 Å². The number of aryl methyl sites for hydroxylation is 1. The molecule has 0 saturated carbocycles. The molecule has 2 aromatic carbocycles. The molecule has 0 fully saturated rings. The molecule has 0 aliphatic heterocycles. The Morgan fingerprint density at radius 1 is 1.04 bits per heavy atom. The van der Waals surface area contributed by atoms with Gasteiger partial charge >= 0.3 is 0 Å². The molecule has 0 atom stereocenters. The fourth-order valence-electron chi connectivity index (χ4n) is 2.47. The van der Waals surface area contributed by atoms with Gasteiger partial charge in [-0.25, -0.2) is 8.42 Å². The Balaban J connectivity index is 2.04. The van der Waals surface area contributed by atoms with Crippen molar-refractivity contribution in [1.29, 1.82) is 0 Å². The maximum atomic E-state index is 12.9. The molecule has 24 heavy (non-hydrogen) atoms. The van der Waals surface area contributed by atoms with E-state index in [1.165, 1.54) is 16.4 Å². The van der Waals surface area contributed by atoms with Gasteiger partial charge in [-0.2, -0.15) is 0 Å². The predicted molar refractivity (Wildman–Crippen MR) is 95.3 cm³/mol. The molecule has 2 N–H and O–H groups in total. The molecule has 0 radical (unpaired) electrons. The first-order valence-electron chi connectivity index (χ1n) is 7.38. The van der Waals surface area contributed by atoms with Crippen LogP contribution >= 0.6 is 0 Å². The van der Waals surface area contributed by atoms with Gasteiger partial charge in [-0.15, -0.1) is 0 Å². The van der Waals surface area contributed by atoms with Gasteiger partial charge in [0.1, 0.15) is 5.76 Å². The minimum atomic E-state index is -3.67. The van der Waals surface area contributed by atoms with Crippen molar-refractivity contribution < 1.29 is 12.8 Å². The van der Waals surface area contributed by atoms with Crippen molar-refractivity contribution in [3.8, 4) is 11.3 Å². The van der Waals surface area contributed by atoms with Crippen LogP contribution in [-0.2, 0) is 10.0 Å². The highest BCUT2D eigenvalue weighted by Gasteiger charge is 2.23. The second-order valence-electron chi connectivity index (χ2n) is 5.52. The van der Waals surface area contributed by atoms with Crippen LogP contribution in [0.1, 0.15) is 5.56 Å². The highest BCUT2D eigenvalue weighted by molar-refractivity contribution is 7.92. The first kappa shape index (κ1) is 16.1. The number of hydrogen-bond donors (Lipinski definition) is 1. The van der Waals surface area contributed by atoms with Gasteiger partial charge in [0.25, 0.3) is 10.0 Å². The molecule has 5 nitrogen and oxygen atoms in total. The Hall–Kier alpha value is -2.73. The van der Waals surface area contributed by atoms with Crippen LogP contribution in [0.5, 0.6) is 0 Å². The molecule has 0 bridgehead atoms. The van der Waals surface area contributed by atoms with Crippen molar-refractivity contribution in [2.75, 3.05) is 17.1 Å². The van der Waals surface area contributed by atoms with Gasteiger partial charge in [0.2, 0.25) is 0 Å². The Morgan fingerprint density at radius 3 is 2.38 bits per heavy atom. The fourth-order valence-corrected chi connectivity index (χ4v) is 3.72. The standard InChI is InChI=1S/C18H18N2O3S/c1-13-5-6-14(18-4-3-11-23-18)12-17(13)20(2)24(21,22)16-9-7-15(19)8-10-16/h3-12H,19H2,1-2H3. The second-order valence-corrected chi connectivity index (χ2v) is 7.49. The number of furan rings is 1. The van der Waals surface area contributed by atoms with E-state index >= 15 is 0 Å². The maximum absolute atomic E-state index is 12.9. The maximum Gasteiger partial charge on any atom is 0.264 e. The molecule has 6 heteroatoms. The molecular formula is C18H18N2O3S. The van der Waals surface area contributed by atoms with Crippen molar-refractivity contribution in [3.63, 3.8) is 0 Å². The van der Waals surface area contributed by atoms with Gasteiger partial charge in [0.05, 0.1) is 16.8 Å². The lowest BCUT2D eigenvalue weighted by atomic mass is 10.1. The molecule has 1 aromatic heterocycles. The first-order valence-corrected chi connectivity index (χ1v) is 8.82. The van der Waals surface area contributed by atoms with Crippen LogP contribution in [0.2, 0.25) is 0 Å². The van der Waals surface area contributed by atoms with Crippen molar-refractivity contribution >= 4 is 21.4 Å². The Kier molecular flexibility index (Phi) is 4.07. The fraction of sp³-hybridized carbons (Fsp3) is 0.111. The van der Waals surface area contributed by atoms with E-state index in [1.807, 2.05) is 31.2 Å². The highest BCUT2D eigenvalue weighted by atomic mass is 32.2. The number of anilines is 2. The number of hydrogen-bond acceptors (Lipinski definition) is 4. The lowest BCUT2D eigenvalue weighted by Gasteiger charge is -2.22. The summed E-state index contributed by atoms with van der Waals surface area (Å²) in [6.45, 7) is 1.87. The summed E-state index contributed by atoms with van der Waals surface area (Å²) in [7, 11) is -2.13. The number of nitrogens with zero attached hydrogens (tertiary/aromatic N) is 1. The number of nitrogens with two attached hydrogens (primary N) is 1. The summed E-state index contributed by atoms with van der Waals surface area (Å²) < 4.78 is 32.4. The van der Waals surface area contributed by atoms with Crippen molar-refractivity contribution in [2.24, 2.45) is 0 Å². The molecule has 0 aliphatic rings. The number of nitrogen functional groups attached to an aromatic ring is 1. The van der Waals surface area contributed by atoms with Crippen LogP contribution in [0.25, 0.3) is 11.3 Å². The topological polar surface area (TPSA) is 76.5 Å². The van der Waals surface area contributed by atoms with Crippen molar-refractivity contribution in [1.82, 2.24) is 0 Å². The van der Waals surface area contributed by atoms with Gasteiger partial charge in [-0.1, -0.05) is 12.1 Å². The summed E-state index contributed by atoms with van der Waals surface area (Å²) in [4.78, 5) is 0.196. The van der Waals surface area contributed by atoms with Crippen LogP contribution in [0.4, 0.5) is 11.4 Å². The molecule has 124 valence electrons. The van der Waals surface area contributed by atoms with Gasteiger partial charge in [-0.05, 0) is 55.0 Å². The Labute approximate surface area is 141 Å². The van der Waals surface area contributed by atoms with E-state index < -0.39 is 10.0 Å². The van der Waals surface area contributed by atoms with Crippen molar-refractivity contribution in [2.45, 2.75) is 11.8 Å². The van der Waals surface area contributed by atoms with Crippen molar-refractivity contribution in [3.05, 3.63) is 66.4 Å². The largest absolute Gasteiger partial charge is 0.464 e. The Bertz CT molecular complexity index is 946. The summed E-state index contributed by atoms with van der Waals surface area (Å²) in [6.07, 6.45) is 1.59. The van der Waals surface area contributed by atoms with Gasteiger partial charge in [0.15, 0.2) is 0 Å². The average Bonchev–Trinajstić information content (AvgIpc) is 3.09. The molecule has 0 saturated heterocycles. The molecular weight excluding hydrogens is 324 g/mol. The van der Waals surface area contributed by atoms with E-state index in [9.17, 15) is 8.42 Å². The smallest absolute Gasteiger partial charge is 0.264 e. The normalized spacial score (nSPS) is 11.4. The molecule has 3 rings (SSSR count). The van der Waals surface area contributed by atoms with Crippen LogP contribution in [0.15, 0.2) is 70.2 Å². The van der Waals surface area contributed by atoms with Gasteiger partial charge < -0.3 is 10.2 Å². The van der Waals surface area contributed by atoms with Gasteiger partial charge in [-0.3, -0.25) is 4.31 Å².